The van der Waals surface area contributed by atoms with Crippen LogP contribution in [0.5, 0.6) is 5.75 Å². The van der Waals surface area contributed by atoms with E-state index in [2.05, 4.69) is 15.2 Å². The summed E-state index contributed by atoms with van der Waals surface area (Å²) in [6, 6.07) is 8.31. The molecular formula is C19H25N5O3. The fraction of sp³-hybridized carbons (Fsp3) is 0.368. The van der Waals surface area contributed by atoms with Gasteiger partial charge in [0.15, 0.2) is 0 Å². The molecule has 1 saturated heterocycles. The molecule has 1 aliphatic rings. The highest BCUT2D eigenvalue weighted by molar-refractivity contribution is 6.03. The first kappa shape index (κ1) is 18.8. The number of likely N-dealkylation sites (tertiary alicyclic amines) is 1. The van der Waals surface area contributed by atoms with Gasteiger partial charge in [-0.1, -0.05) is 12.1 Å². The van der Waals surface area contributed by atoms with Crippen LogP contribution in [0.4, 0.5) is 10.6 Å². The van der Waals surface area contributed by atoms with Crippen molar-refractivity contribution in [1.82, 2.24) is 9.88 Å². The zero-order valence-corrected chi connectivity index (χ0v) is 15.2. The molecule has 1 aromatic carbocycles. The van der Waals surface area contributed by atoms with Crippen LogP contribution in [0.1, 0.15) is 29.6 Å². The van der Waals surface area contributed by atoms with Gasteiger partial charge < -0.3 is 26.1 Å². The van der Waals surface area contributed by atoms with Gasteiger partial charge in [0.2, 0.25) is 0 Å². The van der Waals surface area contributed by atoms with Crippen molar-refractivity contribution < 1.29 is 14.3 Å². The molecule has 0 spiro atoms. The Morgan fingerprint density at radius 2 is 1.93 bits per heavy atom. The van der Waals surface area contributed by atoms with Gasteiger partial charge in [-0.15, -0.1) is 0 Å². The largest absolute Gasteiger partial charge is 0.493 e. The minimum absolute atomic E-state index is 0.160. The summed E-state index contributed by atoms with van der Waals surface area (Å²) in [7, 11) is 0. The topological polar surface area (TPSA) is 126 Å². The number of carbonyl (C=O) groups is 2. The normalized spacial score (nSPS) is 14.2. The molecule has 0 radical (unpaired) electrons. The van der Waals surface area contributed by atoms with Crippen LogP contribution in [0, 0.1) is 0 Å². The zero-order valence-electron chi connectivity index (χ0n) is 15.2. The van der Waals surface area contributed by atoms with Gasteiger partial charge in [-0.25, -0.2) is 4.79 Å². The molecule has 3 amide bonds. The summed E-state index contributed by atoms with van der Waals surface area (Å²) in [4.78, 5) is 28.2. The number of urea groups is 1. The third kappa shape index (κ3) is 4.79. The number of primary amides is 2. The SMILES string of the molecule is NC(=O)Nc1[nH]c(-c2ccccc2OCCCN2CCCC2)cc1C(N)=O. The Hall–Kier alpha value is -3.00. The van der Waals surface area contributed by atoms with E-state index in [9.17, 15) is 9.59 Å². The van der Waals surface area contributed by atoms with Gasteiger partial charge in [0.05, 0.1) is 17.9 Å². The maximum atomic E-state index is 11.6. The van der Waals surface area contributed by atoms with Crippen molar-refractivity contribution in [3.63, 3.8) is 0 Å². The van der Waals surface area contributed by atoms with E-state index in [1.165, 1.54) is 25.9 Å². The second-order valence-electron chi connectivity index (χ2n) is 6.57. The lowest BCUT2D eigenvalue weighted by atomic mass is 10.1. The summed E-state index contributed by atoms with van der Waals surface area (Å²) in [5.74, 6) is 0.209. The molecule has 0 saturated carbocycles. The van der Waals surface area contributed by atoms with Crippen molar-refractivity contribution >= 4 is 17.8 Å². The van der Waals surface area contributed by atoms with Crippen LogP contribution in [0.2, 0.25) is 0 Å². The van der Waals surface area contributed by atoms with Gasteiger partial charge >= 0.3 is 6.03 Å². The van der Waals surface area contributed by atoms with E-state index in [4.69, 9.17) is 16.2 Å². The van der Waals surface area contributed by atoms with Gasteiger partial charge in [-0.05, 0) is 50.6 Å². The Balaban J connectivity index is 1.72. The number of carbonyl (C=O) groups excluding carboxylic acids is 2. The standard InChI is InChI=1S/C19H25N5O3/c20-17(25)14-12-15(22-18(14)23-19(21)26)13-6-1-2-7-16(13)27-11-5-10-24-8-3-4-9-24/h1-2,6-7,12,22H,3-5,8-11H2,(H2,20,25)(H3,21,23,26). The van der Waals surface area contributed by atoms with Gasteiger partial charge in [-0.2, -0.15) is 0 Å². The molecule has 144 valence electrons. The molecule has 1 aromatic heterocycles. The molecule has 2 heterocycles. The zero-order chi connectivity index (χ0) is 19.2. The molecule has 1 fully saturated rings. The first-order chi connectivity index (χ1) is 13.0. The van der Waals surface area contributed by atoms with E-state index >= 15 is 0 Å². The lowest BCUT2D eigenvalue weighted by molar-refractivity contribution is 0.100. The van der Waals surface area contributed by atoms with Crippen molar-refractivity contribution in [3.8, 4) is 17.0 Å². The Bertz CT molecular complexity index is 811. The maximum absolute atomic E-state index is 11.6. The minimum atomic E-state index is -0.780. The van der Waals surface area contributed by atoms with Gasteiger partial charge in [0.1, 0.15) is 11.6 Å². The van der Waals surface area contributed by atoms with Gasteiger partial charge in [0.25, 0.3) is 5.91 Å². The fourth-order valence-corrected chi connectivity index (χ4v) is 3.31. The van der Waals surface area contributed by atoms with E-state index in [0.29, 0.717) is 18.1 Å². The highest BCUT2D eigenvalue weighted by Crippen LogP contribution is 2.32. The molecule has 0 atom stereocenters. The number of nitrogens with one attached hydrogen (secondary N) is 2. The molecule has 6 N–H and O–H groups in total. The van der Waals surface area contributed by atoms with E-state index in [1.807, 2.05) is 24.3 Å². The summed E-state index contributed by atoms with van der Waals surface area (Å²) < 4.78 is 5.97. The third-order valence-corrected chi connectivity index (χ3v) is 4.58. The van der Waals surface area contributed by atoms with Crippen LogP contribution in [-0.2, 0) is 0 Å². The summed E-state index contributed by atoms with van der Waals surface area (Å²) in [6.45, 7) is 3.97. The second-order valence-corrected chi connectivity index (χ2v) is 6.57. The Morgan fingerprint density at radius 1 is 1.19 bits per heavy atom. The van der Waals surface area contributed by atoms with Crippen molar-refractivity contribution in [2.75, 3.05) is 31.6 Å². The van der Waals surface area contributed by atoms with Crippen LogP contribution in [0.3, 0.4) is 0 Å². The number of anilines is 1. The van der Waals surface area contributed by atoms with E-state index < -0.39 is 11.9 Å². The van der Waals surface area contributed by atoms with Crippen LogP contribution >= 0.6 is 0 Å². The van der Waals surface area contributed by atoms with Crippen LogP contribution in [-0.4, -0.2) is 48.1 Å². The second kappa shape index (κ2) is 8.59. The summed E-state index contributed by atoms with van der Waals surface area (Å²) in [5, 5.41) is 2.38. The number of H-pyrrole nitrogens is 1. The molecule has 0 unspecified atom stereocenters. The molecule has 1 aliphatic heterocycles. The first-order valence-corrected chi connectivity index (χ1v) is 9.08. The van der Waals surface area contributed by atoms with Crippen LogP contribution in [0.25, 0.3) is 11.3 Å². The van der Waals surface area contributed by atoms with Crippen molar-refractivity contribution in [3.05, 3.63) is 35.9 Å². The number of nitrogens with two attached hydrogens (primary N) is 2. The quantitative estimate of drug-likeness (QED) is 0.530. The first-order valence-electron chi connectivity index (χ1n) is 9.08. The number of hydrogen-bond donors (Lipinski definition) is 4. The number of hydrogen-bond acceptors (Lipinski definition) is 4. The number of rotatable bonds is 8. The minimum Gasteiger partial charge on any atom is -0.493 e. The van der Waals surface area contributed by atoms with Crippen molar-refractivity contribution in [2.45, 2.75) is 19.3 Å². The number of aromatic nitrogens is 1. The van der Waals surface area contributed by atoms with Crippen molar-refractivity contribution in [2.24, 2.45) is 11.5 Å². The fourth-order valence-electron chi connectivity index (χ4n) is 3.31. The predicted octanol–water partition coefficient (Wildman–Crippen LogP) is 2.14. The Kier molecular flexibility index (Phi) is 5.97. The number of amides is 3. The highest BCUT2D eigenvalue weighted by Gasteiger charge is 2.17. The van der Waals surface area contributed by atoms with Gasteiger partial charge in [-0.3, -0.25) is 10.1 Å². The molecule has 27 heavy (non-hydrogen) atoms. The molecule has 8 nitrogen and oxygen atoms in total. The highest BCUT2D eigenvalue weighted by atomic mass is 16.5. The number of ether oxygens (including phenoxy) is 1. The number of benzene rings is 1. The number of para-hydroxylation sites is 1. The lowest BCUT2D eigenvalue weighted by Crippen LogP contribution is -2.22. The van der Waals surface area contributed by atoms with Gasteiger partial charge in [0, 0.05) is 12.1 Å². The average molecular weight is 371 g/mol. The number of nitrogens with zero attached hydrogens (tertiary/aromatic N) is 1. The van der Waals surface area contributed by atoms with E-state index in [0.717, 1.165) is 18.5 Å². The molecule has 2 aromatic rings. The number of aromatic amines is 1. The monoisotopic (exact) mass is 371 g/mol. The molecule has 8 heteroatoms. The molecular weight excluding hydrogens is 346 g/mol. The Morgan fingerprint density at radius 3 is 2.63 bits per heavy atom. The maximum Gasteiger partial charge on any atom is 0.317 e. The summed E-state index contributed by atoms with van der Waals surface area (Å²) >= 11 is 0. The Labute approximate surface area is 157 Å². The van der Waals surface area contributed by atoms with Crippen LogP contribution in [0.15, 0.2) is 30.3 Å². The van der Waals surface area contributed by atoms with Crippen molar-refractivity contribution in [1.29, 1.82) is 0 Å². The molecule has 3 rings (SSSR count). The van der Waals surface area contributed by atoms with Crippen LogP contribution < -0.4 is 21.5 Å². The predicted molar refractivity (Wildman–Crippen MR) is 104 cm³/mol. The summed E-state index contributed by atoms with van der Waals surface area (Å²) in [5.41, 5.74) is 12.1. The average Bonchev–Trinajstić information content (AvgIpc) is 3.28. The van der Waals surface area contributed by atoms with E-state index in [1.54, 1.807) is 6.07 Å². The van der Waals surface area contributed by atoms with E-state index in [-0.39, 0.29) is 11.4 Å². The summed E-state index contributed by atoms with van der Waals surface area (Å²) in [6.07, 6.45) is 3.50. The smallest absolute Gasteiger partial charge is 0.317 e. The third-order valence-electron chi connectivity index (χ3n) is 4.58. The molecule has 0 aliphatic carbocycles. The molecule has 0 bridgehead atoms. The lowest BCUT2D eigenvalue weighted by Gasteiger charge is -2.15.